The standard InChI is InChI=1S/C13H19ClN2O3S/c1-15-8-10-5-11(14)6-12(13(10)19-2)20(17,18)16-7-9-3-4-9/h5-6,9,15-16H,3-4,7-8H2,1-2H3. The molecule has 20 heavy (non-hydrogen) atoms. The van der Waals surface area contributed by atoms with Crippen molar-refractivity contribution < 1.29 is 13.2 Å². The van der Waals surface area contributed by atoms with Crippen molar-refractivity contribution in [1.29, 1.82) is 0 Å². The number of hydrogen-bond acceptors (Lipinski definition) is 4. The molecule has 0 heterocycles. The van der Waals surface area contributed by atoms with Crippen molar-refractivity contribution in [3.63, 3.8) is 0 Å². The summed E-state index contributed by atoms with van der Waals surface area (Å²) in [7, 11) is -0.370. The molecule has 1 aliphatic rings. The van der Waals surface area contributed by atoms with Gasteiger partial charge in [0.25, 0.3) is 0 Å². The van der Waals surface area contributed by atoms with Gasteiger partial charge in [0.2, 0.25) is 10.0 Å². The number of methoxy groups -OCH3 is 1. The zero-order valence-corrected chi connectivity index (χ0v) is 13.1. The fourth-order valence-electron chi connectivity index (χ4n) is 2.00. The highest BCUT2D eigenvalue weighted by atomic mass is 35.5. The number of ether oxygens (including phenoxy) is 1. The van der Waals surface area contributed by atoms with E-state index in [-0.39, 0.29) is 4.90 Å². The van der Waals surface area contributed by atoms with E-state index >= 15 is 0 Å². The van der Waals surface area contributed by atoms with Crippen LogP contribution in [0, 0.1) is 5.92 Å². The Kier molecular flexibility index (Phi) is 4.90. The molecule has 0 aliphatic heterocycles. The summed E-state index contributed by atoms with van der Waals surface area (Å²) in [6.07, 6.45) is 2.17. The number of halogens is 1. The van der Waals surface area contributed by atoms with Crippen molar-refractivity contribution in [2.45, 2.75) is 24.3 Å². The Hall–Kier alpha value is -0.820. The van der Waals surface area contributed by atoms with Gasteiger partial charge in [0.05, 0.1) is 7.11 Å². The van der Waals surface area contributed by atoms with E-state index in [1.54, 1.807) is 13.1 Å². The van der Waals surface area contributed by atoms with Crippen LogP contribution in [0.25, 0.3) is 0 Å². The number of benzene rings is 1. The van der Waals surface area contributed by atoms with E-state index in [1.165, 1.54) is 13.2 Å². The number of nitrogens with one attached hydrogen (secondary N) is 2. The fraction of sp³-hybridized carbons (Fsp3) is 0.538. The molecule has 0 amide bonds. The van der Waals surface area contributed by atoms with E-state index in [0.717, 1.165) is 12.8 Å². The first-order valence-corrected chi connectivity index (χ1v) is 8.34. The van der Waals surface area contributed by atoms with E-state index in [9.17, 15) is 8.42 Å². The van der Waals surface area contributed by atoms with Crippen LogP contribution in [0.15, 0.2) is 17.0 Å². The van der Waals surface area contributed by atoms with Gasteiger partial charge in [-0.3, -0.25) is 0 Å². The smallest absolute Gasteiger partial charge is 0.244 e. The topological polar surface area (TPSA) is 67.4 Å². The first-order valence-electron chi connectivity index (χ1n) is 6.48. The van der Waals surface area contributed by atoms with Crippen LogP contribution in [0.2, 0.25) is 5.02 Å². The van der Waals surface area contributed by atoms with Gasteiger partial charge >= 0.3 is 0 Å². The van der Waals surface area contributed by atoms with Gasteiger partial charge in [-0.15, -0.1) is 0 Å². The van der Waals surface area contributed by atoms with Gasteiger partial charge < -0.3 is 10.1 Å². The Balaban J connectivity index is 2.37. The molecular formula is C13H19ClN2O3S. The Morgan fingerprint density at radius 1 is 1.40 bits per heavy atom. The average molecular weight is 319 g/mol. The average Bonchev–Trinajstić information content (AvgIpc) is 3.20. The molecule has 1 fully saturated rings. The minimum Gasteiger partial charge on any atom is -0.495 e. The van der Waals surface area contributed by atoms with Crippen molar-refractivity contribution in [3.05, 3.63) is 22.7 Å². The first-order chi connectivity index (χ1) is 9.47. The van der Waals surface area contributed by atoms with E-state index in [4.69, 9.17) is 16.3 Å². The molecule has 2 rings (SSSR count). The van der Waals surface area contributed by atoms with Crippen molar-refractivity contribution in [1.82, 2.24) is 10.0 Å². The second-order valence-corrected chi connectivity index (χ2v) is 7.09. The zero-order chi connectivity index (χ0) is 14.8. The Labute approximate surface area is 124 Å². The molecular weight excluding hydrogens is 300 g/mol. The second kappa shape index (κ2) is 6.30. The predicted octanol–water partition coefficient (Wildman–Crippen LogP) is 1.76. The summed E-state index contributed by atoms with van der Waals surface area (Å²) in [5.74, 6) is 0.804. The van der Waals surface area contributed by atoms with Crippen molar-refractivity contribution >= 4 is 21.6 Å². The minimum atomic E-state index is -3.61. The summed E-state index contributed by atoms with van der Waals surface area (Å²) in [4.78, 5) is 0.0957. The summed E-state index contributed by atoms with van der Waals surface area (Å²) in [6, 6.07) is 3.13. The van der Waals surface area contributed by atoms with Gasteiger partial charge in [-0.05, 0) is 37.9 Å². The highest BCUT2D eigenvalue weighted by Gasteiger charge is 2.27. The molecule has 1 aromatic carbocycles. The Bertz CT molecular complexity index is 586. The maximum Gasteiger partial charge on any atom is 0.244 e. The van der Waals surface area contributed by atoms with Crippen LogP contribution in [0.3, 0.4) is 0 Å². The molecule has 112 valence electrons. The van der Waals surface area contributed by atoms with E-state index in [2.05, 4.69) is 10.0 Å². The van der Waals surface area contributed by atoms with Crippen LogP contribution in [-0.2, 0) is 16.6 Å². The summed E-state index contributed by atoms with van der Waals surface area (Å²) >= 11 is 6.02. The van der Waals surface area contributed by atoms with Crippen LogP contribution in [0.1, 0.15) is 18.4 Å². The highest BCUT2D eigenvalue weighted by Crippen LogP contribution is 2.33. The maximum atomic E-state index is 12.4. The molecule has 0 bridgehead atoms. The molecule has 2 N–H and O–H groups in total. The van der Waals surface area contributed by atoms with Crippen LogP contribution >= 0.6 is 11.6 Å². The molecule has 0 unspecified atom stereocenters. The van der Waals surface area contributed by atoms with Crippen LogP contribution in [-0.4, -0.2) is 29.1 Å². The normalized spacial score (nSPS) is 15.3. The summed E-state index contributed by atoms with van der Waals surface area (Å²) in [5, 5.41) is 3.35. The van der Waals surface area contributed by atoms with Crippen molar-refractivity contribution in [3.8, 4) is 5.75 Å². The fourth-order valence-corrected chi connectivity index (χ4v) is 3.66. The van der Waals surface area contributed by atoms with E-state index in [0.29, 0.717) is 35.3 Å². The van der Waals surface area contributed by atoms with Crippen molar-refractivity contribution in [2.75, 3.05) is 20.7 Å². The quantitative estimate of drug-likeness (QED) is 0.804. The first kappa shape index (κ1) is 15.6. The third-order valence-corrected chi connectivity index (χ3v) is 4.86. The number of sulfonamides is 1. The molecule has 0 radical (unpaired) electrons. The molecule has 1 aromatic rings. The predicted molar refractivity (Wildman–Crippen MR) is 78.7 cm³/mol. The molecule has 5 nitrogen and oxygen atoms in total. The molecule has 0 aromatic heterocycles. The molecule has 0 spiro atoms. The minimum absolute atomic E-state index is 0.0957. The lowest BCUT2D eigenvalue weighted by molar-refractivity contribution is 0.396. The van der Waals surface area contributed by atoms with Gasteiger partial charge in [0, 0.05) is 23.7 Å². The van der Waals surface area contributed by atoms with Crippen LogP contribution < -0.4 is 14.8 Å². The molecule has 1 aliphatic carbocycles. The molecule has 0 atom stereocenters. The molecule has 0 saturated heterocycles. The maximum absolute atomic E-state index is 12.4. The Morgan fingerprint density at radius 2 is 2.10 bits per heavy atom. The second-order valence-electron chi connectivity index (χ2n) is 4.92. The van der Waals surface area contributed by atoms with Crippen LogP contribution in [0.5, 0.6) is 5.75 Å². The third-order valence-electron chi connectivity index (χ3n) is 3.22. The van der Waals surface area contributed by atoms with E-state index < -0.39 is 10.0 Å². The zero-order valence-electron chi connectivity index (χ0n) is 11.6. The van der Waals surface area contributed by atoms with Crippen molar-refractivity contribution in [2.24, 2.45) is 5.92 Å². The lowest BCUT2D eigenvalue weighted by Gasteiger charge is -2.15. The highest BCUT2D eigenvalue weighted by molar-refractivity contribution is 7.89. The lowest BCUT2D eigenvalue weighted by Crippen LogP contribution is -2.26. The van der Waals surface area contributed by atoms with Gasteiger partial charge in [-0.2, -0.15) is 0 Å². The Morgan fingerprint density at radius 3 is 2.65 bits per heavy atom. The molecule has 7 heteroatoms. The summed E-state index contributed by atoms with van der Waals surface area (Å²) in [5.41, 5.74) is 0.717. The van der Waals surface area contributed by atoms with Crippen LogP contribution in [0.4, 0.5) is 0 Å². The monoisotopic (exact) mass is 318 g/mol. The van der Waals surface area contributed by atoms with Gasteiger partial charge in [0.1, 0.15) is 10.6 Å². The number of rotatable bonds is 7. The molecule has 1 saturated carbocycles. The lowest BCUT2D eigenvalue weighted by atomic mass is 10.2. The largest absolute Gasteiger partial charge is 0.495 e. The van der Waals surface area contributed by atoms with Gasteiger partial charge in [-0.1, -0.05) is 11.6 Å². The van der Waals surface area contributed by atoms with Gasteiger partial charge in [0.15, 0.2) is 0 Å². The number of hydrogen-bond donors (Lipinski definition) is 2. The van der Waals surface area contributed by atoms with Gasteiger partial charge in [-0.25, -0.2) is 13.1 Å². The summed E-state index contributed by atoms with van der Waals surface area (Å²) in [6.45, 7) is 0.953. The SMILES string of the molecule is CNCc1cc(Cl)cc(S(=O)(=O)NCC2CC2)c1OC. The third kappa shape index (κ3) is 3.63. The van der Waals surface area contributed by atoms with E-state index in [1.807, 2.05) is 0 Å². The summed E-state index contributed by atoms with van der Waals surface area (Å²) < 4.78 is 32.7.